The van der Waals surface area contributed by atoms with Gasteiger partial charge in [0.2, 0.25) is 10.0 Å². The summed E-state index contributed by atoms with van der Waals surface area (Å²) in [5.41, 5.74) is 1.91. The van der Waals surface area contributed by atoms with Crippen LogP contribution in [0.2, 0.25) is 0 Å². The van der Waals surface area contributed by atoms with Gasteiger partial charge in [0.15, 0.2) is 5.82 Å². The number of H-pyrrole nitrogens is 1. The highest BCUT2D eigenvalue weighted by Crippen LogP contribution is 2.36. The van der Waals surface area contributed by atoms with Crippen molar-refractivity contribution in [2.45, 2.75) is 19.5 Å². The molecule has 2 saturated heterocycles. The van der Waals surface area contributed by atoms with Gasteiger partial charge in [-0.1, -0.05) is 12.1 Å². The topological polar surface area (TPSA) is 108 Å². The Labute approximate surface area is 213 Å². The molecule has 6 rings (SSSR count). The third-order valence-corrected chi connectivity index (χ3v) is 9.32. The average Bonchev–Trinajstić information content (AvgIpc) is 3.49. The maximum atomic E-state index is 12.1. The number of thiophene rings is 1. The van der Waals surface area contributed by atoms with Gasteiger partial charge in [-0.25, -0.2) is 18.4 Å². The molecule has 0 aliphatic carbocycles. The summed E-state index contributed by atoms with van der Waals surface area (Å²) in [4.78, 5) is 16.8. The van der Waals surface area contributed by atoms with Crippen LogP contribution in [0, 0.1) is 0 Å². The predicted octanol–water partition coefficient (Wildman–Crippen LogP) is 2.54. The van der Waals surface area contributed by atoms with E-state index in [1.807, 2.05) is 31.3 Å². The van der Waals surface area contributed by atoms with Gasteiger partial charge in [0, 0.05) is 61.1 Å². The van der Waals surface area contributed by atoms with Crippen LogP contribution >= 0.6 is 11.3 Å². The Morgan fingerprint density at radius 1 is 1.14 bits per heavy atom. The van der Waals surface area contributed by atoms with Crippen LogP contribution < -0.4 is 4.90 Å². The van der Waals surface area contributed by atoms with Crippen LogP contribution in [-0.2, 0) is 21.3 Å². The van der Waals surface area contributed by atoms with Crippen molar-refractivity contribution >= 4 is 48.3 Å². The second kappa shape index (κ2) is 9.34. The molecule has 2 aliphatic rings. The highest BCUT2D eigenvalue weighted by atomic mass is 32.2. The van der Waals surface area contributed by atoms with E-state index in [-0.39, 0.29) is 6.04 Å². The molecule has 1 aromatic carbocycles. The molecule has 3 aromatic heterocycles. The molecule has 190 valence electrons. The Bertz CT molecular complexity index is 1510. The fraction of sp³-hybridized carbons (Fsp3) is 0.458. The summed E-state index contributed by atoms with van der Waals surface area (Å²) >= 11 is 1.69. The number of morpholine rings is 1. The standard InChI is InChI=1S/C24H29N7O3S2/c1-16-14-29(6-7-31(16)36(2,32)33)15-17-12-19-23(30-8-10-34-11-9-30)26-22(27-24(19)35-17)18-4-3-5-21-20(18)13-25-28-21/h3-5,12-13,16H,6-11,14-15H2,1-2H3,(H,25,28). The summed E-state index contributed by atoms with van der Waals surface area (Å²) in [5, 5.41) is 9.30. The number of nitrogens with zero attached hydrogens (tertiary/aromatic N) is 6. The number of ether oxygens (including phenoxy) is 1. The van der Waals surface area contributed by atoms with E-state index >= 15 is 0 Å². The minimum Gasteiger partial charge on any atom is -0.378 e. The van der Waals surface area contributed by atoms with E-state index < -0.39 is 10.0 Å². The monoisotopic (exact) mass is 527 g/mol. The summed E-state index contributed by atoms with van der Waals surface area (Å²) in [6, 6.07) is 8.20. The zero-order chi connectivity index (χ0) is 24.9. The maximum Gasteiger partial charge on any atom is 0.211 e. The number of anilines is 1. The number of aromatic amines is 1. The second-order valence-corrected chi connectivity index (χ2v) is 12.5. The molecule has 0 saturated carbocycles. The Kier molecular flexibility index (Phi) is 6.16. The zero-order valence-corrected chi connectivity index (χ0v) is 22.0. The maximum absolute atomic E-state index is 12.1. The summed E-state index contributed by atoms with van der Waals surface area (Å²) in [6.07, 6.45) is 3.11. The molecule has 36 heavy (non-hydrogen) atoms. The van der Waals surface area contributed by atoms with Crippen molar-refractivity contribution in [3.8, 4) is 11.4 Å². The van der Waals surface area contributed by atoms with E-state index in [4.69, 9.17) is 14.7 Å². The Morgan fingerprint density at radius 2 is 1.97 bits per heavy atom. The van der Waals surface area contributed by atoms with Crippen LogP contribution in [0.15, 0.2) is 30.5 Å². The molecule has 1 atom stereocenters. The predicted molar refractivity (Wildman–Crippen MR) is 142 cm³/mol. The number of nitrogens with one attached hydrogen (secondary N) is 1. The third kappa shape index (κ3) is 4.48. The van der Waals surface area contributed by atoms with Gasteiger partial charge >= 0.3 is 0 Å². The highest BCUT2D eigenvalue weighted by molar-refractivity contribution is 7.88. The lowest BCUT2D eigenvalue weighted by Gasteiger charge is -2.38. The van der Waals surface area contributed by atoms with Crippen LogP contribution in [-0.4, -0.2) is 96.0 Å². The van der Waals surface area contributed by atoms with E-state index in [1.54, 1.807) is 15.6 Å². The van der Waals surface area contributed by atoms with Crippen molar-refractivity contribution < 1.29 is 13.2 Å². The molecular weight excluding hydrogens is 498 g/mol. The van der Waals surface area contributed by atoms with Crippen molar-refractivity contribution in [1.29, 1.82) is 0 Å². The SMILES string of the molecule is CC1CN(Cc2cc3c(N4CCOCC4)nc(-c4cccc5[nH]ncc45)nc3s2)CCN1S(C)(=O)=O. The first-order chi connectivity index (χ1) is 17.4. The molecule has 12 heteroatoms. The van der Waals surface area contributed by atoms with E-state index in [0.29, 0.717) is 38.7 Å². The Morgan fingerprint density at radius 3 is 2.75 bits per heavy atom. The molecule has 2 fully saturated rings. The average molecular weight is 528 g/mol. The molecule has 5 heterocycles. The first-order valence-electron chi connectivity index (χ1n) is 12.1. The van der Waals surface area contributed by atoms with Gasteiger partial charge < -0.3 is 9.64 Å². The lowest BCUT2D eigenvalue weighted by molar-refractivity contribution is 0.122. The van der Waals surface area contributed by atoms with Crippen LogP contribution in [0.5, 0.6) is 0 Å². The normalized spacial score (nSPS) is 20.5. The zero-order valence-electron chi connectivity index (χ0n) is 20.3. The van der Waals surface area contributed by atoms with Gasteiger partial charge in [-0.05, 0) is 19.1 Å². The van der Waals surface area contributed by atoms with Gasteiger partial charge in [0.25, 0.3) is 0 Å². The Balaban J connectivity index is 1.36. The van der Waals surface area contributed by atoms with E-state index in [9.17, 15) is 8.42 Å². The number of benzene rings is 1. The van der Waals surface area contributed by atoms with Gasteiger partial charge in [-0.15, -0.1) is 11.3 Å². The summed E-state index contributed by atoms with van der Waals surface area (Å²) in [6.45, 7) is 7.60. The van der Waals surface area contributed by atoms with Crippen LogP contribution in [0.3, 0.4) is 0 Å². The van der Waals surface area contributed by atoms with Crippen molar-refractivity contribution in [2.75, 3.05) is 57.1 Å². The fourth-order valence-corrected chi connectivity index (χ4v) is 7.41. The van der Waals surface area contributed by atoms with Crippen molar-refractivity contribution in [2.24, 2.45) is 0 Å². The first kappa shape index (κ1) is 23.7. The van der Waals surface area contributed by atoms with Crippen LogP contribution in [0.25, 0.3) is 32.5 Å². The molecule has 10 nitrogen and oxygen atoms in total. The molecule has 0 radical (unpaired) electrons. The lowest BCUT2D eigenvalue weighted by atomic mass is 10.1. The molecule has 1 N–H and O–H groups in total. The number of aromatic nitrogens is 4. The second-order valence-electron chi connectivity index (χ2n) is 9.50. The molecule has 4 aromatic rings. The van der Waals surface area contributed by atoms with Gasteiger partial charge in [-0.2, -0.15) is 9.40 Å². The van der Waals surface area contributed by atoms with Crippen LogP contribution in [0.1, 0.15) is 11.8 Å². The van der Waals surface area contributed by atoms with Gasteiger partial charge in [0.1, 0.15) is 10.6 Å². The Hall–Kier alpha value is -2.64. The first-order valence-corrected chi connectivity index (χ1v) is 14.8. The summed E-state index contributed by atoms with van der Waals surface area (Å²) in [5.74, 6) is 1.64. The summed E-state index contributed by atoms with van der Waals surface area (Å²) < 4.78 is 31.3. The van der Waals surface area contributed by atoms with Gasteiger partial charge in [-0.3, -0.25) is 10.00 Å². The molecule has 1 unspecified atom stereocenters. The summed E-state index contributed by atoms with van der Waals surface area (Å²) in [7, 11) is -3.18. The fourth-order valence-electron chi connectivity index (χ4n) is 5.21. The number of hydrogen-bond donors (Lipinski definition) is 1. The minimum absolute atomic E-state index is 0.0473. The molecular formula is C24H29N7O3S2. The number of hydrogen-bond acceptors (Lipinski definition) is 9. The largest absolute Gasteiger partial charge is 0.378 e. The van der Waals surface area contributed by atoms with E-state index in [2.05, 4.69) is 26.1 Å². The third-order valence-electron chi connectivity index (χ3n) is 6.92. The van der Waals surface area contributed by atoms with E-state index in [1.165, 1.54) is 11.1 Å². The number of rotatable bonds is 5. The number of piperazine rings is 1. The van der Waals surface area contributed by atoms with Crippen molar-refractivity contribution in [3.05, 3.63) is 35.3 Å². The van der Waals surface area contributed by atoms with Crippen molar-refractivity contribution in [1.82, 2.24) is 29.4 Å². The number of fused-ring (bicyclic) bond motifs is 2. The molecule has 0 spiro atoms. The van der Waals surface area contributed by atoms with Gasteiger partial charge in [0.05, 0.1) is 36.6 Å². The smallest absolute Gasteiger partial charge is 0.211 e. The molecule has 0 bridgehead atoms. The highest BCUT2D eigenvalue weighted by Gasteiger charge is 2.30. The molecule has 2 aliphatic heterocycles. The van der Waals surface area contributed by atoms with Crippen molar-refractivity contribution in [3.63, 3.8) is 0 Å². The quantitative estimate of drug-likeness (QED) is 0.422. The minimum atomic E-state index is -3.18. The van der Waals surface area contributed by atoms with E-state index in [0.717, 1.165) is 52.1 Å². The van der Waals surface area contributed by atoms with Crippen LogP contribution in [0.4, 0.5) is 5.82 Å². The lowest BCUT2D eigenvalue weighted by Crippen LogP contribution is -2.53. The number of sulfonamides is 1. The molecule has 0 amide bonds.